The second kappa shape index (κ2) is 5.35. The van der Waals surface area contributed by atoms with Crippen LogP contribution in [0.2, 0.25) is 0 Å². The van der Waals surface area contributed by atoms with Gasteiger partial charge in [0.05, 0.1) is 4.90 Å². The van der Waals surface area contributed by atoms with Gasteiger partial charge in [-0.3, -0.25) is 4.79 Å². The molecule has 1 aromatic carbocycles. The van der Waals surface area contributed by atoms with Crippen molar-refractivity contribution in [3.8, 4) is 0 Å². The van der Waals surface area contributed by atoms with Crippen LogP contribution in [0.25, 0.3) is 0 Å². The fourth-order valence-electron chi connectivity index (χ4n) is 1.77. The summed E-state index contributed by atoms with van der Waals surface area (Å²) in [6.07, 6.45) is 0.948. The third kappa shape index (κ3) is 3.28. The number of nitrogens with zero attached hydrogens (tertiary/aromatic N) is 1. The third-order valence-corrected chi connectivity index (χ3v) is 3.73. The quantitative estimate of drug-likeness (QED) is 0.612. The number of hydrogen-bond donors (Lipinski definition) is 2. The average molecular weight is 287 g/mol. The minimum absolute atomic E-state index is 0.165. The number of aryl methyl sites for hydroxylation is 1. The van der Waals surface area contributed by atoms with E-state index in [1.54, 1.807) is 0 Å². The number of guanidine groups is 1. The van der Waals surface area contributed by atoms with Gasteiger partial charge in [0.15, 0.2) is 15.8 Å². The van der Waals surface area contributed by atoms with Gasteiger partial charge in [-0.15, -0.1) is 0 Å². The molecule has 6 nitrogen and oxygen atoms in total. The van der Waals surface area contributed by atoms with Crippen molar-refractivity contribution in [3.05, 3.63) is 28.8 Å². The molecule has 104 valence electrons. The number of alkyl halides is 1. The van der Waals surface area contributed by atoms with Crippen molar-refractivity contribution in [2.75, 3.05) is 6.26 Å². The van der Waals surface area contributed by atoms with Gasteiger partial charge in [-0.2, -0.15) is 4.99 Å². The van der Waals surface area contributed by atoms with Gasteiger partial charge >= 0.3 is 0 Å². The van der Waals surface area contributed by atoms with Gasteiger partial charge in [0, 0.05) is 17.4 Å². The van der Waals surface area contributed by atoms with E-state index < -0.39 is 28.4 Å². The largest absolute Gasteiger partial charge is 0.370 e. The Kier molecular flexibility index (Phi) is 4.25. The Morgan fingerprint density at radius 1 is 1.37 bits per heavy atom. The molecule has 1 aromatic rings. The highest BCUT2D eigenvalue weighted by molar-refractivity contribution is 7.90. The average Bonchev–Trinajstić information content (AvgIpc) is 2.25. The zero-order valence-electron chi connectivity index (χ0n) is 10.5. The van der Waals surface area contributed by atoms with E-state index >= 15 is 0 Å². The van der Waals surface area contributed by atoms with Gasteiger partial charge in [-0.1, -0.05) is 6.07 Å². The van der Waals surface area contributed by atoms with E-state index in [1.807, 2.05) is 0 Å². The van der Waals surface area contributed by atoms with Crippen molar-refractivity contribution in [1.29, 1.82) is 0 Å². The number of amides is 1. The SMILES string of the molecule is Cc1ccc(C(=O)N=C(N)N)c(CF)c1S(C)(=O)=O. The van der Waals surface area contributed by atoms with Gasteiger partial charge in [0.2, 0.25) is 0 Å². The Hall–Kier alpha value is -1.96. The highest BCUT2D eigenvalue weighted by Gasteiger charge is 2.22. The number of halogens is 1. The molecule has 19 heavy (non-hydrogen) atoms. The van der Waals surface area contributed by atoms with Crippen LogP contribution < -0.4 is 11.5 Å². The molecule has 0 radical (unpaired) electrons. The molecule has 0 saturated carbocycles. The number of carbonyl (C=O) groups excluding carboxylic acids is 1. The first-order chi connectivity index (χ1) is 8.68. The Morgan fingerprint density at radius 2 is 1.95 bits per heavy atom. The van der Waals surface area contributed by atoms with Crippen molar-refractivity contribution in [2.45, 2.75) is 18.5 Å². The molecule has 0 saturated heterocycles. The van der Waals surface area contributed by atoms with E-state index in [1.165, 1.54) is 19.1 Å². The first kappa shape index (κ1) is 15.1. The number of carbonyl (C=O) groups is 1. The number of benzene rings is 1. The normalized spacial score (nSPS) is 11.1. The minimum atomic E-state index is -3.66. The predicted molar refractivity (Wildman–Crippen MR) is 69.2 cm³/mol. The molecule has 8 heteroatoms. The molecule has 0 aromatic heterocycles. The summed E-state index contributed by atoms with van der Waals surface area (Å²) in [5, 5.41) is 0. The number of sulfone groups is 1. The van der Waals surface area contributed by atoms with Crippen LogP contribution in [0.1, 0.15) is 21.5 Å². The molecule has 0 heterocycles. The van der Waals surface area contributed by atoms with Gasteiger partial charge < -0.3 is 11.5 Å². The maximum Gasteiger partial charge on any atom is 0.280 e. The lowest BCUT2D eigenvalue weighted by atomic mass is 10.0. The smallest absolute Gasteiger partial charge is 0.280 e. The van der Waals surface area contributed by atoms with Crippen molar-refractivity contribution < 1.29 is 17.6 Å². The monoisotopic (exact) mass is 287 g/mol. The maximum absolute atomic E-state index is 13.1. The summed E-state index contributed by atoms with van der Waals surface area (Å²) >= 11 is 0. The minimum Gasteiger partial charge on any atom is -0.370 e. The summed E-state index contributed by atoms with van der Waals surface area (Å²) < 4.78 is 36.5. The van der Waals surface area contributed by atoms with Crippen LogP contribution in [0.5, 0.6) is 0 Å². The molecular weight excluding hydrogens is 273 g/mol. The molecule has 0 bridgehead atoms. The van der Waals surface area contributed by atoms with Gasteiger partial charge in [-0.25, -0.2) is 12.8 Å². The summed E-state index contributed by atoms with van der Waals surface area (Å²) in [7, 11) is -3.66. The van der Waals surface area contributed by atoms with E-state index in [0.29, 0.717) is 5.56 Å². The first-order valence-corrected chi connectivity index (χ1v) is 7.10. The van der Waals surface area contributed by atoms with E-state index in [2.05, 4.69) is 4.99 Å². The Morgan fingerprint density at radius 3 is 2.37 bits per heavy atom. The topological polar surface area (TPSA) is 116 Å². The standard InChI is InChI=1S/C11H14FN3O3S/c1-6-3-4-7(10(16)15-11(13)14)8(5-12)9(6)19(2,17)18/h3-4H,5H2,1-2H3,(H4,13,14,15,16). The highest BCUT2D eigenvalue weighted by Crippen LogP contribution is 2.25. The van der Waals surface area contributed by atoms with E-state index in [0.717, 1.165) is 6.26 Å². The summed E-state index contributed by atoms with van der Waals surface area (Å²) in [4.78, 5) is 14.8. The van der Waals surface area contributed by atoms with Crippen LogP contribution in [-0.4, -0.2) is 26.5 Å². The van der Waals surface area contributed by atoms with Crippen LogP contribution in [0, 0.1) is 6.92 Å². The van der Waals surface area contributed by atoms with Crippen LogP contribution in [0.15, 0.2) is 22.0 Å². The van der Waals surface area contributed by atoms with Crippen molar-refractivity contribution in [2.24, 2.45) is 16.5 Å². The van der Waals surface area contributed by atoms with Gasteiger partial charge in [0.25, 0.3) is 5.91 Å². The summed E-state index contributed by atoms with van der Waals surface area (Å²) in [6.45, 7) is 0.412. The van der Waals surface area contributed by atoms with Crippen molar-refractivity contribution >= 4 is 21.7 Å². The van der Waals surface area contributed by atoms with Crippen LogP contribution in [-0.2, 0) is 16.5 Å². The fraction of sp³-hybridized carbons (Fsp3) is 0.273. The third-order valence-electron chi connectivity index (χ3n) is 2.42. The second-order valence-electron chi connectivity index (χ2n) is 3.99. The van der Waals surface area contributed by atoms with E-state index in [-0.39, 0.29) is 16.0 Å². The second-order valence-corrected chi connectivity index (χ2v) is 5.94. The van der Waals surface area contributed by atoms with Gasteiger partial charge in [-0.05, 0) is 18.6 Å². The number of hydrogen-bond acceptors (Lipinski definition) is 3. The van der Waals surface area contributed by atoms with E-state index in [4.69, 9.17) is 11.5 Å². The molecule has 0 aliphatic carbocycles. The Bertz CT molecular complexity index is 649. The van der Waals surface area contributed by atoms with E-state index in [9.17, 15) is 17.6 Å². The zero-order valence-corrected chi connectivity index (χ0v) is 11.3. The number of rotatable bonds is 3. The number of aliphatic imine (C=N–C) groups is 1. The molecule has 0 spiro atoms. The Balaban J connectivity index is 3.62. The molecule has 4 N–H and O–H groups in total. The van der Waals surface area contributed by atoms with Gasteiger partial charge in [0.1, 0.15) is 6.67 Å². The van der Waals surface area contributed by atoms with Crippen molar-refractivity contribution in [3.63, 3.8) is 0 Å². The maximum atomic E-state index is 13.1. The van der Waals surface area contributed by atoms with Crippen LogP contribution in [0.3, 0.4) is 0 Å². The lowest BCUT2D eigenvalue weighted by Gasteiger charge is -2.11. The molecule has 1 amide bonds. The molecule has 0 aliphatic heterocycles. The molecule has 0 atom stereocenters. The first-order valence-electron chi connectivity index (χ1n) is 5.21. The van der Waals surface area contributed by atoms with Crippen LogP contribution in [0.4, 0.5) is 4.39 Å². The predicted octanol–water partition coefficient (Wildman–Crippen LogP) is 0.282. The summed E-state index contributed by atoms with van der Waals surface area (Å²) in [5.74, 6) is -1.35. The lowest BCUT2D eigenvalue weighted by Crippen LogP contribution is -2.24. The highest BCUT2D eigenvalue weighted by atomic mass is 32.2. The molecular formula is C11H14FN3O3S. The molecule has 1 rings (SSSR count). The molecule has 0 unspecified atom stereocenters. The lowest BCUT2D eigenvalue weighted by molar-refractivity contribution is 0.100. The summed E-state index contributed by atoms with van der Waals surface area (Å²) in [5.41, 5.74) is 10.1. The molecule has 0 aliphatic rings. The van der Waals surface area contributed by atoms with Crippen molar-refractivity contribution in [1.82, 2.24) is 0 Å². The van der Waals surface area contributed by atoms with Crippen LogP contribution >= 0.6 is 0 Å². The zero-order chi connectivity index (χ0) is 14.8. The Labute approximate surface area is 110 Å². The molecule has 0 fully saturated rings. The fourth-order valence-corrected chi connectivity index (χ4v) is 3.04. The summed E-state index contributed by atoms with van der Waals surface area (Å²) in [6, 6.07) is 2.71. The number of nitrogens with two attached hydrogens (primary N) is 2.